The summed E-state index contributed by atoms with van der Waals surface area (Å²) in [6, 6.07) is 11.4. The van der Waals surface area contributed by atoms with Crippen molar-refractivity contribution in [2.24, 2.45) is 5.73 Å². The Labute approximate surface area is 174 Å². The van der Waals surface area contributed by atoms with Gasteiger partial charge in [0.1, 0.15) is 5.82 Å². The van der Waals surface area contributed by atoms with E-state index < -0.39 is 0 Å². The Morgan fingerprint density at radius 2 is 1.68 bits per heavy atom. The van der Waals surface area contributed by atoms with Gasteiger partial charge in [0, 0.05) is 35.3 Å². The summed E-state index contributed by atoms with van der Waals surface area (Å²) < 4.78 is 13.3. The standard InChI is InChI=1S/C22H21Cl2FN2O/c23-19-9-17(10-20(24)11-19)14-27(13-15-4-6-21(25)7-5-15)22(28)18-3-1-2-16(8-18)12-26/h2,4-11H,1,3,12-14,26H2. The first kappa shape index (κ1) is 20.6. The molecule has 2 aromatic rings. The maximum Gasteiger partial charge on any atom is 0.250 e. The minimum atomic E-state index is -0.309. The number of rotatable bonds is 6. The molecule has 0 unspecified atom stereocenters. The van der Waals surface area contributed by atoms with Gasteiger partial charge in [0.25, 0.3) is 0 Å². The highest BCUT2D eigenvalue weighted by atomic mass is 35.5. The average Bonchev–Trinajstić information content (AvgIpc) is 2.68. The fourth-order valence-corrected chi connectivity index (χ4v) is 3.79. The summed E-state index contributed by atoms with van der Waals surface area (Å²) in [6.45, 7) is 1.09. The molecule has 3 rings (SSSR count). The van der Waals surface area contributed by atoms with E-state index in [1.807, 2.05) is 6.08 Å². The van der Waals surface area contributed by atoms with Crippen molar-refractivity contribution in [1.82, 2.24) is 4.90 Å². The van der Waals surface area contributed by atoms with Gasteiger partial charge in [0.05, 0.1) is 0 Å². The maximum atomic E-state index is 13.3. The number of hydrogen-bond donors (Lipinski definition) is 1. The maximum absolute atomic E-state index is 13.3. The van der Waals surface area contributed by atoms with Crippen LogP contribution in [0.3, 0.4) is 0 Å². The van der Waals surface area contributed by atoms with Crippen molar-refractivity contribution < 1.29 is 9.18 Å². The first-order chi connectivity index (χ1) is 13.4. The van der Waals surface area contributed by atoms with Gasteiger partial charge in [-0.1, -0.05) is 41.4 Å². The fraction of sp³-hybridized carbons (Fsp3) is 0.227. The molecule has 1 amide bonds. The Kier molecular flexibility index (Phi) is 6.89. The van der Waals surface area contributed by atoms with E-state index in [0.717, 1.165) is 28.7 Å². The van der Waals surface area contributed by atoms with Crippen molar-refractivity contribution in [2.75, 3.05) is 6.54 Å². The van der Waals surface area contributed by atoms with Crippen LogP contribution < -0.4 is 5.73 Å². The first-order valence-electron chi connectivity index (χ1n) is 9.03. The third-order valence-electron chi connectivity index (χ3n) is 4.56. The van der Waals surface area contributed by atoms with Crippen LogP contribution in [0.15, 0.2) is 65.8 Å². The highest BCUT2D eigenvalue weighted by molar-refractivity contribution is 6.34. The van der Waals surface area contributed by atoms with Crippen LogP contribution in [0.5, 0.6) is 0 Å². The molecule has 0 radical (unpaired) electrons. The van der Waals surface area contributed by atoms with Crippen LogP contribution in [0.25, 0.3) is 0 Å². The van der Waals surface area contributed by atoms with Crippen LogP contribution in [0.1, 0.15) is 24.0 Å². The Morgan fingerprint density at radius 1 is 1.04 bits per heavy atom. The molecule has 0 bridgehead atoms. The molecule has 1 aliphatic carbocycles. The Hall–Kier alpha value is -2.14. The van der Waals surface area contributed by atoms with Crippen molar-refractivity contribution in [3.8, 4) is 0 Å². The second-order valence-corrected chi connectivity index (χ2v) is 7.63. The number of carbonyl (C=O) groups is 1. The van der Waals surface area contributed by atoms with E-state index in [-0.39, 0.29) is 11.7 Å². The van der Waals surface area contributed by atoms with Crippen molar-refractivity contribution in [3.05, 3.63) is 92.8 Å². The number of nitrogens with two attached hydrogens (primary N) is 1. The van der Waals surface area contributed by atoms with Crippen LogP contribution in [-0.4, -0.2) is 17.4 Å². The van der Waals surface area contributed by atoms with Gasteiger partial charge in [0.15, 0.2) is 0 Å². The molecule has 3 nitrogen and oxygen atoms in total. The van der Waals surface area contributed by atoms with Gasteiger partial charge in [-0.05, 0) is 65.9 Å². The molecule has 0 saturated carbocycles. The smallest absolute Gasteiger partial charge is 0.250 e. The summed E-state index contributed by atoms with van der Waals surface area (Å²) in [5.41, 5.74) is 9.09. The van der Waals surface area contributed by atoms with Crippen LogP contribution in [-0.2, 0) is 17.9 Å². The molecule has 6 heteroatoms. The zero-order valence-corrected chi connectivity index (χ0v) is 16.8. The largest absolute Gasteiger partial charge is 0.330 e. The molecule has 0 aromatic heterocycles. The number of allylic oxidation sites excluding steroid dienone is 1. The van der Waals surface area contributed by atoms with E-state index >= 15 is 0 Å². The Bertz CT molecular complexity index is 902. The molecule has 146 valence electrons. The highest BCUT2D eigenvalue weighted by Crippen LogP contribution is 2.24. The lowest BCUT2D eigenvalue weighted by atomic mass is 9.98. The van der Waals surface area contributed by atoms with Gasteiger partial charge in [0.2, 0.25) is 5.91 Å². The number of benzene rings is 2. The highest BCUT2D eigenvalue weighted by Gasteiger charge is 2.21. The summed E-state index contributed by atoms with van der Waals surface area (Å²) >= 11 is 12.2. The number of halogens is 3. The lowest BCUT2D eigenvalue weighted by molar-refractivity contribution is -0.128. The minimum Gasteiger partial charge on any atom is -0.330 e. The van der Waals surface area contributed by atoms with E-state index in [4.69, 9.17) is 28.9 Å². The minimum absolute atomic E-state index is 0.0699. The summed E-state index contributed by atoms with van der Waals surface area (Å²) in [6.07, 6.45) is 5.38. The van der Waals surface area contributed by atoms with E-state index in [1.54, 1.807) is 35.2 Å². The lowest BCUT2D eigenvalue weighted by Gasteiger charge is -2.26. The quantitative estimate of drug-likeness (QED) is 0.694. The third kappa shape index (κ3) is 5.44. The second kappa shape index (κ2) is 9.37. The fourth-order valence-electron chi connectivity index (χ4n) is 3.21. The predicted octanol–water partition coefficient (Wildman–Crippen LogP) is 5.27. The van der Waals surface area contributed by atoms with Gasteiger partial charge < -0.3 is 10.6 Å². The molecule has 0 fully saturated rings. The van der Waals surface area contributed by atoms with E-state index in [0.29, 0.717) is 36.1 Å². The molecule has 0 aliphatic heterocycles. The zero-order valence-electron chi connectivity index (χ0n) is 15.3. The SMILES string of the molecule is NCC1=CCCC(C(=O)N(Cc2ccc(F)cc2)Cc2cc(Cl)cc(Cl)c2)=C1. The van der Waals surface area contributed by atoms with Crippen molar-refractivity contribution in [3.63, 3.8) is 0 Å². The lowest BCUT2D eigenvalue weighted by Crippen LogP contribution is -2.32. The Balaban J connectivity index is 1.89. The van der Waals surface area contributed by atoms with Crippen molar-refractivity contribution in [1.29, 1.82) is 0 Å². The molecule has 28 heavy (non-hydrogen) atoms. The molecule has 0 saturated heterocycles. The molecule has 0 spiro atoms. The molecule has 0 atom stereocenters. The summed E-state index contributed by atoms with van der Waals surface area (Å²) in [5.74, 6) is -0.379. The number of carbonyl (C=O) groups excluding carboxylic acids is 1. The molecule has 0 heterocycles. The Morgan fingerprint density at radius 3 is 2.32 bits per heavy atom. The van der Waals surface area contributed by atoms with Crippen LogP contribution in [0.4, 0.5) is 4.39 Å². The summed E-state index contributed by atoms with van der Waals surface area (Å²) in [5, 5.41) is 1.03. The van der Waals surface area contributed by atoms with E-state index in [1.165, 1.54) is 12.1 Å². The number of amides is 1. The van der Waals surface area contributed by atoms with Gasteiger partial charge in [-0.2, -0.15) is 0 Å². The predicted molar refractivity (Wildman–Crippen MR) is 112 cm³/mol. The molecule has 2 N–H and O–H groups in total. The van der Waals surface area contributed by atoms with Gasteiger partial charge in [-0.3, -0.25) is 4.79 Å². The number of nitrogens with zero attached hydrogens (tertiary/aromatic N) is 1. The average molecular weight is 419 g/mol. The van der Waals surface area contributed by atoms with E-state index in [2.05, 4.69) is 6.08 Å². The van der Waals surface area contributed by atoms with Crippen LogP contribution in [0, 0.1) is 5.82 Å². The van der Waals surface area contributed by atoms with Gasteiger partial charge in [-0.15, -0.1) is 0 Å². The first-order valence-corrected chi connectivity index (χ1v) is 9.78. The molecule has 2 aromatic carbocycles. The molecular formula is C22H21Cl2FN2O. The van der Waals surface area contributed by atoms with Crippen molar-refractivity contribution >= 4 is 29.1 Å². The number of hydrogen-bond acceptors (Lipinski definition) is 2. The molecule has 1 aliphatic rings. The van der Waals surface area contributed by atoms with Crippen LogP contribution >= 0.6 is 23.2 Å². The van der Waals surface area contributed by atoms with E-state index in [9.17, 15) is 9.18 Å². The second-order valence-electron chi connectivity index (χ2n) is 6.76. The summed E-state index contributed by atoms with van der Waals surface area (Å²) in [4.78, 5) is 15.0. The third-order valence-corrected chi connectivity index (χ3v) is 5.00. The normalized spacial score (nSPS) is 13.7. The topological polar surface area (TPSA) is 46.3 Å². The van der Waals surface area contributed by atoms with Gasteiger partial charge in [-0.25, -0.2) is 4.39 Å². The van der Waals surface area contributed by atoms with Gasteiger partial charge >= 0.3 is 0 Å². The van der Waals surface area contributed by atoms with Crippen LogP contribution in [0.2, 0.25) is 10.0 Å². The summed E-state index contributed by atoms with van der Waals surface area (Å²) in [7, 11) is 0. The van der Waals surface area contributed by atoms with Crippen molar-refractivity contribution in [2.45, 2.75) is 25.9 Å². The molecular weight excluding hydrogens is 398 g/mol. The monoisotopic (exact) mass is 418 g/mol. The zero-order chi connectivity index (χ0) is 20.1.